The van der Waals surface area contributed by atoms with Crippen molar-refractivity contribution in [3.05, 3.63) is 47.5 Å². The van der Waals surface area contributed by atoms with Crippen molar-refractivity contribution in [2.24, 2.45) is 0 Å². The highest BCUT2D eigenvalue weighted by Gasteiger charge is 2.06. The predicted molar refractivity (Wildman–Crippen MR) is 89.7 cm³/mol. The van der Waals surface area contributed by atoms with Gasteiger partial charge in [-0.05, 0) is 30.8 Å². The van der Waals surface area contributed by atoms with E-state index in [4.69, 9.17) is 12.2 Å². The van der Waals surface area contributed by atoms with Gasteiger partial charge in [-0.1, -0.05) is 18.2 Å². The molecule has 0 atom stereocenters. The van der Waals surface area contributed by atoms with E-state index in [0.717, 1.165) is 18.1 Å². The van der Waals surface area contributed by atoms with Gasteiger partial charge < -0.3 is 10.6 Å². The summed E-state index contributed by atoms with van der Waals surface area (Å²) in [6.45, 7) is 1.49. The van der Waals surface area contributed by atoms with Crippen LogP contribution in [0.15, 0.2) is 41.9 Å². The Hall–Kier alpha value is -1.99. The molecular weight excluding hydrogens is 304 g/mol. The monoisotopic (exact) mass is 320 g/mol. The molecular formula is C14H16N4OS2. The smallest absolute Gasteiger partial charge is 0.257 e. The summed E-state index contributed by atoms with van der Waals surface area (Å²) >= 11 is 6.65. The second kappa shape index (κ2) is 8.33. The fraction of sp³-hybridized carbons (Fsp3) is 0.214. The first-order chi connectivity index (χ1) is 10.3. The van der Waals surface area contributed by atoms with Crippen LogP contribution >= 0.6 is 23.6 Å². The maximum absolute atomic E-state index is 11.8. The molecule has 2 rings (SSSR count). The number of nitrogens with one attached hydrogen (secondary N) is 3. The van der Waals surface area contributed by atoms with Crippen molar-refractivity contribution < 1.29 is 4.79 Å². The van der Waals surface area contributed by atoms with Crippen LogP contribution in [0, 0.1) is 0 Å². The van der Waals surface area contributed by atoms with Gasteiger partial charge in [-0.3, -0.25) is 10.1 Å². The van der Waals surface area contributed by atoms with Gasteiger partial charge in [-0.2, -0.15) is 0 Å². The van der Waals surface area contributed by atoms with Crippen molar-refractivity contribution in [3.63, 3.8) is 0 Å². The number of thiocarbonyl (C=S) groups is 1. The lowest BCUT2D eigenvalue weighted by atomic mass is 10.2. The molecule has 0 aliphatic heterocycles. The van der Waals surface area contributed by atoms with Gasteiger partial charge in [0.25, 0.3) is 5.91 Å². The summed E-state index contributed by atoms with van der Waals surface area (Å²) in [5, 5.41) is 12.0. The Morgan fingerprint density at radius 3 is 2.76 bits per heavy atom. The Kier molecular flexibility index (Phi) is 6.11. The topological polar surface area (TPSA) is 66.1 Å². The van der Waals surface area contributed by atoms with Crippen molar-refractivity contribution in [1.82, 2.24) is 15.6 Å². The number of anilines is 1. The van der Waals surface area contributed by atoms with Crippen molar-refractivity contribution in [2.45, 2.75) is 6.42 Å². The lowest BCUT2D eigenvalue weighted by Gasteiger charge is -2.09. The average Bonchev–Trinajstić information content (AvgIpc) is 3.01. The SMILES string of the molecule is O=C(NC(=S)NCCCNc1nccs1)c1ccccc1. The van der Waals surface area contributed by atoms with Crippen LogP contribution < -0.4 is 16.0 Å². The number of carbonyl (C=O) groups is 1. The number of rotatable bonds is 6. The lowest BCUT2D eigenvalue weighted by molar-refractivity contribution is 0.0976. The minimum atomic E-state index is -0.200. The Labute approximate surface area is 132 Å². The summed E-state index contributed by atoms with van der Waals surface area (Å²) in [5.74, 6) is -0.200. The van der Waals surface area contributed by atoms with Gasteiger partial charge in [-0.15, -0.1) is 11.3 Å². The van der Waals surface area contributed by atoms with Crippen LogP contribution in [-0.4, -0.2) is 29.1 Å². The third-order valence-corrected chi connectivity index (χ3v) is 3.59. The minimum Gasteiger partial charge on any atom is -0.362 e. The Morgan fingerprint density at radius 2 is 2.05 bits per heavy atom. The van der Waals surface area contributed by atoms with Crippen LogP contribution in [0.25, 0.3) is 0 Å². The number of benzene rings is 1. The minimum absolute atomic E-state index is 0.200. The van der Waals surface area contributed by atoms with Crippen molar-refractivity contribution in [3.8, 4) is 0 Å². The molecule has 1 amide bonds. The van der Waals surface area contributed by atoms with E-state index in [9.17, 15) is 4.79 Å². The molecule has 3 N–H and O–H groups in total. The van der Waals surface area contributed by atoms with Crippen LogP contribution in [0.1, 0.15) is 16.8 Å². The Balaban J connectivity index is 1.60. The molecule has 1 heterocycles. The number of nitrogens with zero attached hydrogens (tertiary/aromatic N) is 1. The maximum Gasteiger partial charge on any atom is 0.257 e. The van der Waals surface area contributed by atoms with E-state index in [0.29, 0.717) is 17.2 Å². The Bertz CT molecular complexity index is 572. The lowest BCUT2D eigenvalue weighted by Crippen LogP contribution is -2.39. The van der Waals surface area contributed by atoms with Crippen molar-refractivity contribution in [2.75, 3.05) is 18.4 Å². The summed E-state index contributed by atoms with van der Waals surface area (Å²) < 4.78 is 0. The second-order valence-corrected chi connectivity index (χ2v) is 5.50. The normalized spacial score (nSPS) is 9.90. The molecule has 0 bridgehead atoms. The first-order valence-corrected chi connectivity index (χ1v) is 7.82. The van der Waals surface area contributed by atoms with E-state index in [1.165, 1.54) is 0 Å². The van der Waals surface area contributed by atoms with Crippen molar-refractivity contribution >= 4 is 39.7 Å². The molecule has 1 aromatic heterocycles. The van der Waals surface area contributed by atoms with E-state index in [1.807, 2.05) is 23.6 Å². The summed E-state index contributed by atoms with van der Waals surface area (Å²) in [6.07, 6.45) is 2.64. The maximum atomic E-state index is 11.8. The molecule has 5 nitrogen and oxygen atoms in total. The average molecular weight is 320 g/mol. The highest BCUT2D eigenvalue weighted by molar-refractivity contribution is 7.80. The molecule has 0 saturated carbocycles. The predicted octanol–water partition coefficient (Wildman–Crippen LogP) is 2.25. The molecule has 0 aliphatic carbocycles. The molecule has 2 aromatic rings. The number of carbonyl (C=O) groups excluding carboxylic acids is 1. The van der Waals surface area contributed by atoms with Gasteiger partial charge in [0, 0.05) is 30.2 Å². The number of aromatic nitrogens is 1. The molecule has 1 aromatic carbocycles. The molecule has 0 fully saturated rings. The van der Waals surface area contributed by atoms with Crippen LogP contribution in [0.2, 0.25) is 0 Å². The number of thiazole rings is 1. The molecule has 0 spiro atoms. The third-order valence-electron chi connectivity index (χ3n) is 2.61. The van der Waals surface area contributed by atoms with E-state index in [2.05, 4.69) is 20.9 Å². The van der Waals surface area contributed by atoms with Crippen LogP contribution in [0.3, 0.4) is 0 Å². The van der Waals surface area contributed by atoms with Crippen LogP contribution in [-0.2, 0) is 0 Å². The second-order valence-electron chi connectivity index (χ2n) is 4.19. The van der Waals surface area contributed by atoms with Gasteiger partial charge >= 0.3 is 0 Å². The van der Waals surface area contributed by atoms with Crippen molar-refractivity contribution in [1.29, 1.82) is 0 Å². The van der Waals surface area contributed by atoms with Crippen LogP contribution in [0.4, 0.5) is 5.13 Å². The highest BCUT2D eigenvalue weighted by Crippen LogP contribution is 2.09. The standard InChI is InChI=1S/C14H16N4OS2/c19-12(11-5-2-1-3-6-11)18-13(20)15-7-4-8-16-14-17-9-10-21-14/h1-3,5-6,9-10H,4,7-8H2,(H,16,17)(H2,15,18,19,20). The molecule has 7 heteroatoms. The zero-order chi connectivity index (χ0) is 14.9. The zero-order valence-electron chi connectivity index (χ0n) is 11.3. The first-order valence-electron chi connectivity index (χ1n) is 6.53. The molecule has 21 heavy (non-hydrogen) atoms. The van der Waals surface area contributed by atoms with E-state index >= 15 is 0 Å². The van der Waals surface area contributed by atoms with Gasteiger partial charge in [0.2, 0.25) is 0 Å². The summed E-state index contributed by atoms with van der Waals surface area (Å²) in [4.78, 5) is 16.0. The van der Waals surface area contributed by atoms with E-state index in [-0.39, 0.29) is 5.91 Å². The van der Waals surface area contributed by atoms with Gasteiger partial charge in [0.15, 0.2) is 10.2 Å². The Morgan fingerprint density at radius 1 is 1.24 bits per heavy atom. The van der Waals surface area contributed by atoms with Crippen LogP contribution in [0.5, 0.6) is 0 Å². The highest BCUT2D eigenvalue weighted by atomic mass is 32.1. The zero-order valence-corrected chi connectivity index (χ0v) is 13.0. The van der Waals surface area contributed by atoms with E-state index in [1.54, 1.807) is 29.7 Å². The summed E-state index contributed by atoms with van der Waals surface area (Å²) in [5.41, 5.74) is 0.590. The summed E-state index contributed by atoms with van der Waals surface area (Å²) in [7, 11) is 0. The van der Waals surface area contributed by atoms with E-state index < -0.39 is 0 Å². The molecule has 0 unspecified atom stereocenters. The molecule has 0 aliphatic rings. The molecule has 0 saturated heterocycles. The number of amides is 1. The number of hydrogen-bond acceptors (Lipinski definition) is 5. The van der Waals surface area contributed by atoms with Gasteiger partial charge in [0.05, 0.1) is 0 Å². The van der Waals surface area contributed by atoms with Gasteiger partial charge in [-0.25, -0.2) is 4.98 Å². The largest absolute Gasteiger partial charge is 0.362 e. The molecule has 0 radical (unpaired) electrons. The molecule has 110 valence electrons. The number of hydrogen-bond donors (Lipinski definition) is 3. The third kappa shape index (κ3) is 5.49. The van der Waals surface area contributed by atoms with Gasteiger partial charge in [0.1, 0.15) is 0 Å². The summed E-state index contributed by atoms with van der Waals surface area (Å²) in [6, 6.07) is 8.99. The fourth-order valence-electron chi connectivity index (χ4n) is 1.61. The quantitative estimate of drug-likeness (QED) is 0.563. The fourth-order valence-corrected chi connectivity index (χ4v) is 2.36. The first kappa shape index (κ1) is 15.4.